The Morgan fingerprint density at radius 1 is 1.32 bits per heavy atom. The molecular weight excluding hydrogens is 234 g/mol. The van der Waals surface area contributed by atoms with Crippen molar-refractivity contribution in [2.45, 2.75) is 57.4 Å². The van der Waals surface area contributed by atoms with E-state index < -0.39 is 0 Å². The van der Waals surface area contributed by atoms with Gasteiger partial charge in [-0.05, 0) is 49.6 Å². The Labute approximate surface area is 116 Å². The molecule has 0 amide bonds. The molecule has 1 heterocycles. The van der Waals surface area contributed by atoms with Crippen LogP contribution in [0, 0.1) is 0 Å². The summed E-state index contributed by atoms with van der Waals surface area (Å²) in [5.41, 5.74) is 2.97. The molecule has 104 valence electrons. The van der Waals surface area contributed by atoms with Crippen LogP contribution in [0.3, 0.4) is 0 Å². The summed E-state index contributed by atoms with van der Waals surface area (Å²) in [6, 6.07) is 7.47. The van der Waals surface area contributed by atoms with E-state index in [4.69, 9.17) is 4.74 Å². The summed E-state index contributed by atoms with van der Waals surface area (Å²) in [7, 11) is 0. The van der Waals surface area contributed by atoms with Gasteiger partial charge >= 0.3 is 0 Å². The summed E-state index contributed by atoms with van der Waals surface area (Å²) in [5.74, 6) is 1.17. The third-order valence-corrected chi connectivity index (χ3v) is 4.42. The predicted octanol–water partition coefficient (Wildman–Crippen LogP) is 3.43. The highest BCUT2D eigenvalue weighted by molar-refractivity contribution is 5.46. The molecule has 2 nitrogen and oxygen atoms in total. The molecule has 0 saturated heterocycles. The molecule has 0 aromatic heterocycles. The molecule has 1 aliphatic heterocycles. The minimum absolute atomic E-state index is 0.185. The number of ether oxygens (including phenoxy) is 1. The van der Waals surface area contributed by atoms with E-state index in [1.54, 1.807) is 0 Å². The van der Waals surface area contributed by atoms with Crippen LogP contribution in [0.4, 0.5) is 0 Å². The van der Waals surface area contributed by atoms with Crippen molar-refractivity contribution in [1.82, 2.24) is 5.32 Å². The lowest BCUT2D eigenvalue weighted by Gasteiger charge is -2.30. The van der Waals surface area contributed by atoms with E-state index in [-0.39, 0.29) is 5.41 Å². The summed E-state index contributed by atoms with van der Waals surface area (Å²) >= 11 is 0. The number of para-hydroxylation sites is 1. The molecule has 3 rings (SSSR count). The highest BCUT2D eigenvalue weighted by Crippen LogP contribution is 2.38. The topological polar surface area (TPSA) is 21.3 Å². The molecule has 19 heavy (non-hydrogen) atoms. The van der Waals surface area contributed by atoms with Gasteiger partial charge in [0.25, 0.3) is 0 Å². The fourth-order valence-corrected chi connectivity index (χ4v) is 2.93. The third kappa shape index (κ3) is 2.94. The van der Waals surface area contributed by atoms with Gasteiger partial charge in [-0.25, -0.2) is 0 Å². The number of rotatable bonds is 5. The molecule has 1 aromatic rings. The lowest BCUT2D eigenvalue weighted by molar-refractivity contribution is 0.277. The van der Waals surface area contributed by atoms with Crippen molar-refractivity contribution in [1.29, 1.82) is 0 Å². The molecule has 1 N–H and O–H groups in total. The monoisotopic (exact) mass is 259 g/mol. The molecule has 1 aliphatic carbocycles. The Bertz CT molecular complexity index is 449. The van der Waals surface area contributed by atoms with Crippen molar-refractivity contribution in [2.75, 3.05) is 13.2 Å². The largest absolute Gasteiger partial charge is 0.493 e. The fraction of sp³-hybridized carbons (Fsp3) is 0.647. The Hall–Kier alpha value is -1.02. The molecule has 0 atom stereocenters. The van der Waals surface area contributed by atoms with E-state index in [9.17, 15) is 0 Å². The van der Waals surface area contributed by atoms with Gasteiger partial charge in [-0.2, -0.15) is 0 Å². The predicted molar refractivity (Wildman–Crippen MR) is 78.9 cm³/mol. The van der Waals surface area contributed by atoms with Gasteiger partial charge in [-0.3, -0.25) is 0 Å². The average molecular weight is 259 g/mol. The highest BCUT2D eigenvalue weighted by Gasteiger charge is 2.28. The normalized spacial score (nSPS) is 18.8. The van der Waals surface area contributed by atoms with E-state index in [1.807, 2.05) is 0 Å². The van der Waals surface area contributed by atoms with Crippen molar-refractivity contribution < 1.29 is 4.74 Å². The maximum absolute atomic E-state index is 5.96. The number of hydrogen-bond donors (Lipinski definition) is 1. The number of aryl methyl sites for hydroxylation is 1. The van der Waals surface area contributed by atoms with E-state index in [2.05, 4.69) is 37.4 Å². The van der Waals surface area contributed by atoms with Gasteiger partial charge in [0.2, 0.25) is 0 Å². The first kappa shape index (κ1) is 13.0. The Balaban J connectivity index is 1.74. The molecule has 1 saturated carbocycles. The molecule has 0 spiro atoms. The maximum Gasteiger partial charge on any atom is 0.126 e. The van der Waals surface area contributed by atoms with Gasteiger partial charge < -0.3 is 10.1 Å². The zero-order chi connectivity index (χ0) is 13.3. The smallest absolute Gasteiger partial charge is 0.126 e. The zero-order valence-corrected chi connectivity index (χ0v) is 12.2. The average Bonchev–Trinajstić information content (AvgIpc) is 3.22. The number of fused-ring (bicyclic) bond motifs is 1. The lowest BCUT2D eigenvalue weighted by atomic mass is 9.79. The Kier molecular flexibility index (Phi) is 3.53. The molecule has 2 aliphatic rings. The molecule has 0 radical (unpaired) electrons. The Morgan fingerprint density at radius 2 is 2.16 bits per heavy atom. The number of nitrogens with one attached hydrogen (secondary N) is 1. The highest BCUT2D eigenvalue weighted by atomic mass is 16.5. The first-order valence-electron chi connectivity index (χ1n) is 7.65. The van der Waals surface area contributed by atoms with Crippen molar-refractivity contribution in [3.05, 3.63) is 29.3 Å². The molecule has 1 aromatic carbocycles. The van der Waals surface area contributed by atoms with Gasteiger partial charge in [0, 0.05) is 11.6 Å². The van der Waals surface area contributed by atoms with Gasteiger partial charge in [0.15, 0.2) is 0 Å². The first-order chi connectivity index (χ1) is 9.17. The van der Waals surface area contributed by atoms with Crippen LogP contribution < -0.4 is 10.1 Å². The van der Waals surface area contributed by atoms with Crippen LogP contribution in [0.15, 0.2) is 18.2 Å². The van der Waals surface area contributed by atoms with Crippen LogP contribution in [-0.4, -0.2) is 19.2 Å². The second-order valence-corrected chi connectivity index (χ2v) is 6.61. The van der Waals surface area contributed by atoms with Crippen LogP contribution in [0.5, 0.6) is 5.75 Å². The third-order valence-electron chi connectivity index (χ3n) is 4.42. The quantitative estimate of drug-likeness (QED) is 0.874. The molecule has 0 unspecified atom stereocenters. The van der Waals surface area contributed by atoms with Crippen LogP contribution in [0.2, 0.25) is 0 Å². The molecule has 2 heteroatoms. The second kappa shape index (κ2) is 5.16. The fourth-order valence-electron chi connectivity index (χ4n) is 2.93. The maximum atomic E-state index is 5.96. The number of benzene rings is 1. The van der Waals surface area contributed by atoms with Crippen LogP contribution in [0.25, 0.3) is 0 Å². The lowest BCUT2D eigenvalue weighted by Crippen LogP contribution is -2.28. The van der Waals surface area contributed by atoms with Crippen LogP contribution >= 0.6 is 0 Å². The first-order valence-corrected chi connectivity index (χ1v) is 7.65. The van der Waals surface area contributed by atoms with Crippen molar-refractivity contribution in [2.24, 2.45) is 0 Å². The standard InChI is InChI=1S/C17H25NO/c1-17(2,10-11-18-14-8-9-14)15-7-3-5-13-6-4-12-19-16(13)15/h3,5,7,14,18H,4,6,8-12H2,1-2H3. The van der Waals surface area contributed by atoms with Gasteiger partial charge in [0.05, 0.1) is 6.61 Å². The van der Waals surface area contributed by atoms with Crippen LogP contribution in [-0.2, 0) is 11.8 Å². The van der Waals surface area contributed by atoms with Crippen molar-refractivity contribution in [3.63, 3.8) is 0 Å². The van der Waals surface area contributed by atoms with Gasteiger partial charge in [-0.15, -0.1) is 0 Å². The van der Waals surface area contributed by atoms with Crippen molar-refractivity contribution >= 4 is 0 Å². The summed E-state index contributed by atoms with van der Waals surface area (Å²) in [6.07, 6.45) is 6.22. The summed E-state index contributed by atoms with van der Waals surface area (Å²) in [6.45, 7) is 6.67. The SMILES string of the molecule is CC(C)(CCNC1CC1)c1cccc2c1OCCC2. The summed E-state index contributed by atoms with van der Waals surface area (Å²) in [5, 5.41) is 3.62. The molecule has 1 fully saturated rings. The van der Waals surface area contributed by atoms with E-state index in [1.165, 1.54) is 42.6 Å². The van der Waals surface area contributed by atoms with Crippen LogP contribution in [0.1, 0.15) is 50.7 Å². The molecular formula is C17H25NO. The van der Waals surface area contributed by atoms with E-state index in [0.717, 1.165) is 25.6 Å². The van der Waals surface area contributed by atoms with E-state index in [0.29, 0.717) is 0 Å². The van der Waals surface area contributed by atoms with E-state index >= 15 is 0 Å². The van der Waals surface area contributed by atoms with Crippen molar-refractivity contribution in [3.8, 4) is 5.75 Å². The second-order valence-electron chi connectivity index (χ2n) is 6.61. The summed E-state index contributed by atoms with van der Waals surface area (Å²) in [4.78, 5) is 0. The minimum atomic E-state index is 0.185. The van der Waals surface area contributed by atoms with Gasteiger partial charge in [0.1, 0.15) is 5.75 Å². The van der Waals surface area contributed by atoms with Gasteiger partial charge in [-0.1, -0.05) is 32.0 Å². The zero-order valence-electron chi connectivity index (χ0n) is 12.2. The number of hydrogen-bond acceptors (Lipinski definition) is 2. The minimum Gasteiger partial charge on any atom is -0.493 e. The summed E-state index contributed by atoms with van der Waals surface area (Å²) < 4.78 is 5.96. The Morgan fingerprint density at radius 3 is 2.95 bits per heavy atom. The molecule has 0 bridgehead atoms.